The minimum atomic E-state index is -0.985. The average molecular weight is 500 g/mol. The van der Waals surface area contributed by atoms with Crippen molar-refractivity contribution in [3.05, 3.63) is 105 Å². The smallest absolute Gasteiger partial charge is 0.271 e. The number of nitro benzene ring substituents is 1. The second kappa shape index (κ2) is 8.13. The maximum absolute atomic E-state index is 13.9. The van der Waals surface area contributed by atoms with Gasteiger partial charge in [-0.1, -0.05) is 72.3 Å². The van der Waals surface area contributed by atoms with Crippen molar-refractivity contribution in [2.24, 2.45) is 11.8 Å². The van der Waals surface area contributed by atoms with Crippen LogP contribution in [0.3, 0.4) is 0 Å². The largest absolute Gasteiger partial charge is 0.352 e. The van der Waals surface area contributed by atoms with E-state index in [2.05, 4.69) is 0 Å². The van der Waals surface area contributed by atoms with Crippen LogP contribution in [-0.2, 0) is 9.59 Å². The van der Waals surface area contributed by atoms with Gasteiger partial charge in [0.15, 0.2) is 5.78 Å². The molecule has 0 aromatic heterocycles. The fraction of sp³-hybridized carbons (Fsp3) is 0.148. The Morgan fingerprint density at radius 1 is 0.889 bits per heavy atom. The van der Waals surface area contributed by atoms with Crippen LogP contribution in [0, 0.1) is 22.0 Å². The van der Waals surface area contributed by atoms with Crippen molar-refractivity contribution in [1.29, 1.82) is 0 Å². The Labute approximate surface area is 210 Å². The minimum Gasteiger partial charge on any atom is -0.352 e. The van der Waals surface area contributed by atoms with Crippen LogP contribution in [0.5, 0.6) is 0 Å². The summed E-state index contributed by atoms with van der Waals surface area (Å²) in [6.07, 6.45) is 3.74. The van der Waals surface area contributed by atoms with Gasteiger partial charge in [0.2, 0.25) is 11.8 Å². The highest BCUT2D eigenvalue weighted by Gasteiger charge is 2.64. The monoisotopic (exact) mass is 499 g/mol. The van der Waals surface area contributed by atoms with Crippen molar-refractivity contribution < 1.29 is 19.3 Å². The lowest BCUT2D eigenvalue weighted by Gasteiger charge is -2.36. The Morgan fingerprint density at radius 3 is 2.33 bits per heavy atom. The topological polar surface area (TPSA) is 101 Å². The zero-order valence-corrected chi connectivity index (χ0v) is 19.4. The standard InChI is InChI=1S/C27H18ClN3O5/c28-18-12-11-17(31(35)36)14-21(18)30-26(33)22-20-13-10-15-6-4-5-9-19(15)29(20)24(23(22)27(30)34)25(32)16-7-2-1-3-8-16/h1-14,20,22-24H/t20-,22-,23+,24-/m1/s1. The molecule has 3 aromatic carbocycles. The molecule has 0 aliphatic carbocycles. The molecule has 0 saturated carbocycles. The summed E-state index contributed by atoms with van der Waals surface area (Å²) in [5.41, 5.74) is 1.75. The summed E-state index contributed by atoms with van der Waals surface area (Å²) in [7, 11) is 0. The Bertz CT molecular complexity index is 1490. The molecule has 9 heteroatoms. The van der Waals surface area contributed by atoms with Gasteiger partial charge in [-0.3, -0.25) is 24.5 Å². The van der Waals surface area contributed by atoms with E-state index in [-0.39, 0.29) is 22.2 Å². The molecule has 0 radical (unpaired) electrons. The second-order valence-corrected chi connectivity index (χ2v) is 9.35. The van der Waals surface area contributed by atoms with E-state index < -0.39 is 40.7 Å². The fourth-order valence-electron chi connectivity index (χ4n) is 5.61. The van der Waals surface area contributed by atoms with Gasteiger partial charge in [0.25, 0.3) is 5.69 Å². The van der Waals surface area contributed by atoms with Gasteiger partial charge in [0, 0.05) is 23.4 Å². The molecule has 8 nitrogen and oxygen atoms in total. The molecule has 3 aliphatic rings. The molecular weight excluding hydrogens is 482 g/mol. The number of halogens is 1. The summed E-state index contributed by atoms with van der Waals surface area (Å²) in [4.78, 5) is 55.1. The van der Waals surface area contributed by atoms with E-state index in [4.69, 9.17) is 11.6 Å². The number of benzene rings is 3. The molecule has 4 atom stereocenters. The highest BCUT2D eigenvalue weighted by Crippen LogP contribution is 2.50. The van der Waals surface area contributed by atoms with E-state index in [0.29, 0.717) is 5.56 Å². The molecule has 2 amide bonds. The third kappa shape index (κ3) is 3.11. The number of ketones is 1. The van der Waals surface area contributed by atoms with Crippen molar-refractivity contribution >= 4 is 52.3 Å². The van der Waals surface area contributed by atoms with Gasteiger partial charge in [0.1, 0.15) is 6.04 Å². The molecular formula is C27H18ClN3O5. The van der Waals surface area contributed by atoms with Crippen molar-refractivity contribution in [2.45, 2.75) is 12.1 Å². The third-order valence-corrected chi connectivity index (χ3v) is 7.44. The number of para-hydroxylation sites is 1. The third-order valence-electron chi connectivity index (χ3n) is 7.12. The molecule has 6 rings (SSSR count). The van der Waals surface area contributed by atoms with Crippen LogP contribution < -0.4 is 9.80 Å². The van der Waals surface area contributed by atoms with Gasteiger partial charge >= 0.3 is 0 Å². The first-order chi connectivity index (χ1) is 17.4. The number of fused-ring (bicyclic) bond motifs is 5. The number of carbonyl (C=O) groups is 3. The minimum absolute atomic E-state index is 0.0367. The van der Waals surface area contributed by atoms with Gasteiger partial charge < -0.3 is 4.90 Å². The molecule has 2 fully saturated rings. The summed E-state index contributed by atoms with van der Waals surface area (Å²) in [6, 6.07) is 18.3. The number of hydrogen-bond acceptors (Lipinski definition) is 6. The molecule has 0 spiro atoms. The molecule has 2 saturated heterocycles. The van der Waals surface area contributed by atoms with E-state index in [1.165, 1.54) is 12.1 Å². The molecule has 178 valence electrons. The first-order valence-corrected chi connectivity index (χ1v) is 11.7. The summed E-state index contributed by atoms with van der Waals surface area (Å²) >= 11 is 6.31. The lowest BCUT2D eigenvalue weighted by Crippen LogP contribution is -2.48. The average Bonchev–Trinajstić information content (AvgIpc) is 3.37. The first kappa shape index (κ1) is 22.2. The number of hydrogen-bond donors (Lipinski definition) is 0. The highest BCUT2D eigenvalue weighted by molar-refractivity contribution is 6.36. The number of rotatable bonds is 4. The number of Topliss-reactive ketones (excluding diaryl/α,β-unsaturated/α-hetero) is 1. The van der Waals surface area contributed by atoms with Crippen LogP contribution in [0.25, 0.3) is 6.08 Å². The van der Waals surface area contributed by atoms with Crippen LogP contribution >= 0.6 is 11.6 Å². The normalized spacial score (nSPS) is 23.9. The quantitative estimate of drug-likeness (QED) is 0.226. The number of non-ortho nitro benzene ring substituents is 1. The molecule has 3 heterocycles. The van der Waals surface area contributed by atoms with E-state index >= 15 is 0 Å². The van der Waals surface area contributed by atoms with Crippen LogP contribution in [0.2, 0.25) is 5.02 Å². The fourth-order valence-corrected chi connectivity index (χ4v) is 5.81. The Hall–Kier alpha value is -4.30. The zero-order valence-electron chi connectivity index (χ0n) is 18.7. The van der Waals surface area contributed by atoms with E-state index in [0.717, 1.165) is 22.2 Å². The Balaban J connectivity index is 1.50. The number of amides is 2. The molecule has 36 heavy (non-hydrogen) atoms. The summed E-state index contributed by atoms with van der Waals surface area (Å²) in [6.45, 7) is 0. The van der Waals surface area contributed by atoms with E-state index in [1.54, 1.807) is 30.3 Å². The van der Waals surface area contributed by atoms with Gasteiger partial charge in [-0.15, -0.1) is 0 Å². The van der Waals surface area contributed by atoms with Crippen LogP contribution in [0.15, 0.2) is 78.9 Å². The summed E-state index contributed by atoms with van der Waals surface area (Å²) in [5.74, 6) is -3.24. The Kier molecular flexibility index (Phi) is 5.01. The van der Waals surface area contributed by atoms with Gasteiger partial charge in [-0.2, -0.15) is 0 Å². The van der Waals surface area contributed by atoms with Crippen molar-refractivity contribution in [2.75, 3.05) is 9.80 Å². The van der Waals surface area contributed by atoms with Crippen LogP contribution in [0.1, 0.15) is 15.9 Å². The number of nitro groups is 1. The second-order valence-electron chi connectivity index (χ2n) is 8.95. The first-order valence-electron chi connectivity index (χ1n) is 11.3. The van der Waals surface area contributed by atoms with Crippen molar-refractivity contribution in [3.63, 3.8) is 0 Å². The maximum atomic E-state index is 13.9. The lowest BCUT2D eigenvalue weighted by atomic mass is 9.86. The van der Waals surface area contributed by atoms with Crippen molar-refractivity contribution in [3.8, 4) is 0 Å². The zero-order chi connectivity index (χ0) is 25.1. The number of imide groups is 1. The molecule has 0 unspecified atom stereocenters. The SMILES string of the molecule is O=C(c1ccccc1)[C@H]1[C@H]2C(=O)N(c3cc([N+](=O)[O-])ccc3Cl)C(=O)[C@@H]2[C@H]2C=Cc3ccccc3N21. The molecule has 0 N–H and O–H groups in total. The molecule has 3 aromatic rings. The predicted octanol–water partition coefficient (Wildman–Crippen LogP) is 4.52. The summed E-state index contributed by atoms with van der Waals surface area (Å²) < 4.78 is 0. The van der Waals surface area contributed by atoms with Crippen LogP contribution in [-0.4, -0.2) is 34.6 Å². The molecule has 0 bridgehead atoms. The number of nitrogens with zero attached hydrogens (tertiary/aromatic N) is 3. The molecule has 3 aliphatic heterocycles. The number of carbonyl (C=O) groups excluding carboxylic acids is 3. The van der Waals surface area contributed by atoms with E-state index in [9.17, 15) is 24.5 Å². The maximum Gasteiger partial charge on any atom is 0.271 e. The Morgan fingerprint density at radius 2 is 1.58 bits per heavy atom. The van der Waals surface area contributed by atoms with E-state index in [1.807, 2.05) is 41.3 Å². The number of anilines is 2. The van der Waals surface area contributed by atoms with Crippen LogP contribution in [0.4, 0.5) is 17.1 Å². The summed E-state index contributed by atoms with van der Waals surface area (Å²) in [5, 5.41) is 11.4. The lowest BCUT2D eigenvalue weighted by molar-refractivity contribution is -0.384. The highest BCUT2D eigenvalue weighted by atomic mass is 35.5. The van der Waals surface area contributed by atoms with Gasteiger partial charge in [-0.25, -0.2) is 4.90 Å². The predicted molar refractivity (Wildman–Crippen MR) is 134 cm³/mol. The van der Waals surface area contributed by atoms with Gasteiger partial charge in [-0.05, 0) is 17.7 Å². The van der Waals surface area contributed by atoms with Gasteiger partial charge in [0.05, 0.1) is 33.5 Å². The van der Waals surface area contributed by atoms with Crippen molar-refractivity contribution in [1.82, 2.24) is 0 Å².